The van der Waals surface area contributed by atoms with Gasteiger partial charge in [0.05, 0.1) is 28.8 Å². The number of anilines is 1. The first kappa shape index (κ1) is 16.3. The highest BCUT2D eigenvalue weighted by atomic mass is 15.3. The topological polar surface area (TPSA) is 69.8 Å². The van der Waals surface area contributed by atoms with E-state index in [4.69, 9.17) is 10.2 Å². The van der Waals surface area contributed by atoms with Gasteiger partial charge in [-0.1, -0.05) is 12.1 Å². The van der Waals surface area contributed by atoms with Gasteiger partial charge in [-0.2, -0.15) is 5.26 Å². The zero-order chi connectivity index (χ0) is 18.3. The molecule has 6 heteroatoms. The summed E-state index contributed by atoms with van der Waals surface area (Å²) in [5.74, 6) is 1.02. The van der Waals surface area contributed by atoms with Crippen molar-refractivity contribution >= 4 is 17.0 Å². The van der Waals surface area contributed by atoms with E-state index >= 15 is 0 Å². The quantitative estimate of drug-likeness (QED) is 0.779. The molecule has 6 nitrogen and oxygen atoms in total. The highest BCUT2D eigenvalue weighted by molar-refractivity contribution is 5.79. The number of aromatic nitrogens is 3. The van der Waals surface area contributed by atoms with E-state index in [0.29, 0.717) is 12.1 Å². The van der Waals surface area contributed by atoms with Crippen molar-refractivity contribution in [3.8, 4) is 6.07 Å². The molecule has 136 valence electrons. The van der Waals surface area contributed by atoms with Crippen molar-refractivity contribution in [2.24, 2.45) is 0 Å². The first-order valence-electron chi connectivity index (χ1n) is 9.57. The standard InChI is InChI=1S/C21H22N6/c22-12-16-6-7-17(23-13-16)14-27-19-5-2-1-4-18(19)25-20(27)26-11-3-8-21(15-26)9-10-24-21/h1-2,4-7,13,24H,3,8-11,14-15H2/t21-/m1/s1. The lowest BCUT2D eigenvalue weighted by Gasteiger charge is -2.50. The molecule has 0 amide bonds. The Morgan fingerprint density at radius 2 is 2.07 bits per heavy atom. The van der Waals surface area contributed by atoms with Crippen LogP contribution in [0.1, 0.15) is 30.5 Å². The lowest BCUT2D eigenvalue weighted by atomic mass is 9.80. The number of fused-ring (bicyclic) bond motifs is 1. The normalized spacial score (nSPS) is 22.0. The molecule has 0 aliphatic carbocycles. The summed E-state index contributed by atoms with van der Waals surface area (Å²) in [6, 6.07) is 14.2. The molecule has 2 saturated heterocycles. The van der Waals surface area contributed by atoms with Gasteiger partial charge in [-0.25, -0.2) is 4.98 Å². The van der Waals surface area contributed by atoms with Crippen LogP contribution in [0.15, 0.2) is 42.6 Å². The largest absolute Gasteiger partial charge is 0.340 e. The monoisotopic (exact) mass is 358 g/mol. The van der Waals surface area contributed by atoms with Gasteiger partial charge in [-0.15, -0.1) is 0 Å². The second-order valence-corrected chi connectivity index (χ2v) is 7.62. The van der Waals surface area contributed by atoms with Crippen LogP contribution in [0.2, 0.25) is 0 Å². The van der Waals surface area contributed by atoms with E-state index in [1.807, 2.05) is 18.2 Å². The third-order valence-corrected chi connectivity index (χ3v) is 5.87. The molecule has 5 rings (SSSR count). The number of para-hydroxylation sites is 2. The molecule has 1 atom stereocenters. The summed E-state index contributed by atoms with van der Waals surface area (Å²) in [5, 5.41) is 12.7. The number of pyridine rings is 1. The van der Waals surface area contributed by atoms with E-state index < -0.39 is 0 Å². The lowest BCUT2D eigenvalue weighted by molar-refractivity contribution is 0.173. The van der Waals surface area contributed by atoms with Crippen LogP contribution in [-0.4, -0.2) is 39.7 Å². The van der Waals surface area contributed by atoms with Gasteiger partial charge in [0.1, 0.15) is 6.07 Å². The maximum absolute atomic E-state index is 9.00. The molecule has 1 spiro atoms. The Kier molecular flexibility index (Phi) is 3.83. The van der Waals surface area contributed by atoms with Crippen molar-refractivity contribution in [1.29, 1.82) is 5.26 Å². The fourth-order valence-corrected chi connectivity index (χ4v) is 4.34. The number of nitrogens with one attached hydrogen (secondary N) is 1. The summed E-state index contributed by atoms with van der Waals surface area (Å²) in [6.45, 7) is 3.82. The summed E-state index contributed by atoms with van der Waals surface area (Å²) < 4.78 is 2.27. The molecule has 1 N–H and O–H groups in total. The number of nitrogens with zero attached hydrogens (tertiary/aromatic N) is 5. The van der Waals surface area contributed by atoms with Gasteiger partial charge >= 0.3 is 0 Å². The van der Waals surface area contributed by atoms with Gasteiger partial charge in [0, 0.05) is 24.8 Å². The predicted octanol–water partition coefficient (Wildman–Crippen LogP) is 2.68. The van der Waals surface area contributed by atoms with Gasteiger partial charge in [0.25, 0.3) is 0 Å². The van der Waals surface area contributed by atoms with Crippen LogP contribution in [0.5, 0.6) is 0 Å². The minimum absolute atomic E-state index is 0.272. The maximum Gasteiger partial charge on any atom is 0.206 e. The summed E-state index contributed by atoms with van der Waals surface area (Å²) >= 11 is 0. The van der Waals surface area contributed by atoms with Crippen LogP contribution >= 0.6 is 0 Å². The number of rotatable bonds is 3. The molecular formula is C21H22N6. The van der Waals surface area contributed by atoms with E-state index in [1.54, 1.807) is 6.20 Å². The number of imidazole rings is 1. The Hall–Kier alpha value is -2.91. The van der Waals surface area contributed by atoms with Gasteiger partial charge in [-0.05, 0) is 50.1 Å². The first-order valence-corrected chi connectivity index (χ1v) is 9.57. The maximum atomic E-state index is 9.00. The second-order valence-electron chi connectivity index (χ2n) is 7.62. The second kappa shape index (κ2) is 6.36. The molecule has 3 aromatic rings. The molecule has 2 aromatic heterocycles. The minimum atomic E-state index is 0.272. The fourth-order valence-electron chi connectivity index (χ4n) is 4.34. The SMILES string of the molecule is N#Cc1ccc(Cn2c(N3CCC[C@@]4(CCN4)C3)nc3ccccc32)nc1. The number of hydrogen-bond donors (Lipinski definition) is 1. The van der Waals surface area contributed by atoms with Crippen molar-refractivity contribution in [2.45, 2.75) is 31.3 Å². The molecule has 2 aliphatic rings. The summed E-state index contributed by atoms with van der Waals surface area (Å²) in [7, 11) is 0. The Morgan fingerprint density at radius 3 is 2.81 bits per heavy atom. The van der Waals surface area contributed by atoms with E-state index in [1.165, 1.54) is 19.3 Å². The molecular weight excluding hydrogens is 336 g/mol. The first-order chi connectivity index (χ1) is 13.3. The van der Waals surface area contributed by atoms with Crippen molar-refractivity contribution in [3.63, 3.8) is 0 Å². The van der Waals surface area contributed by atoms with Crippen LogP contribution in [-0.2, 0) is 6.54 Å². The predicted molar refractivity (Wildman–Crippen MR) is 105 cm³/mol. The Balaban J connectivity index is 1.53. The molecule has 2 aliphatic heterocycles. The van der Waals surface area contributed by atoms with Crippen LogP contribution < -0.4 is 10.2 Å². The molecule has 0 radical (unpaired) electrons. The Bertz CT molecular complexity index is 1010. The van der Waals surface area contributed by atoms with Crippen LogP contribution in [0.25, 0.3) is 11.0 Å². The average Bonchev–Trinajstić information content (AvgIpc) is 3.06. The van der Waals surface area contributed by atoms with Crippen LogP contribution in [0.4, 0.5) is 5.95 Å². The van der Waals surface area contributed by atoms with Crippen molar-refractivity contribution < 1.29 is 0 Å². The Morgan fingerprint density at radius 1 is 1.19 bits per heavy atom. The van der Waals surface area contributed by atoms with Gasteiger partial charge in [-0.3, -0.25) is 4.98 Å². The van der Waals surface area contributed by atoms with E-state index in [9.17, 15) is 0 Å². The van der Waals surface area contributed by atoms with E-state index in [-0.39, 0.29) is 5.54 Å². The minimum Gasteiger partial charge on any atom is -0.340 e. The third kappa shape index (κ3) is 2.84. The van der Waals surface area contributed by atoms with Crippen molar-refractivity contribution in [2.75, 3.05) is 24.5 Å². The molecule has 2 fully saturated rings. The molecule has 1 aromatic carbocycles. The van der Waals surface area contributed by atoms with E-state index in [2.05, 4.69) is 44.0 Å². The summed E-state index contributed by atoms with van der Waals surface area (Å²) in [6.07, 6.45) is 5.33. The number of benzene rings is 1. The van der Waals surface area contributed by atoms with Crippen molar-refractivity contribution in [3.05, 3.63) is 53.9 Å². The van der Waals surface area contributed by atoms with Crippen LogP contribution in [0.3, 0.4) is 0 Å². The highest BCUT2D eigenvalue weighted by Gasteiger charge is 2.41. The summed E-state index contributed by atoms with van der Waals surface area (Å²) in [4.78, 5) is 11.9. The molecule has 0 unspecified atom stereocenters. The molecule has 0 saturated carbocycles. The average molecular weight is 358 g/mol. The van der Waals surface area contributed by atoms with Gasteiger partial charge < -0.3 is 14.8 Å². The fraction of sp³-hybridized carbons (Fsp3) is 0.381. The lowest BCUT2D eigenvalue weighted by Crippen LogP contribution is -2.65. The molecule has 4 heterocycles. The van der Waals surface area contributed by atoms with Gasteiger partial charge in [0.15, 0.2) is 0 Å². The number of nitriles is 1. The van der Waals surface area contributed by atoms with Crippen molar-refractivity contribution in [1.82, 2.24) is 19.9 Å². The van der Waals surface area contributed by atoms with Crippen LogP contribution in [0, 0.1) is 11.3 Å². The number of hydrogen-bond acceptors (Lipinski definition) is 5. The molecule has 0 bridgehead atoms. The molecule has 27 heavy (non-hydrogen) atoms. The Labute approximate surface area is 158 Å². The smallest absolute Gasteiger partial charge is 0.206 e. The summed E-state index contributed by atoms with van der Waals surface area (Å²) in [5.41, 5.74) is 3.94. The third-order valence-electron chi connectivity index (χ3n) is 5.87. The van der Waals surface area contributed by atoms with Gasteiger partial charge in [0.2, 0.25) is 5.95 Å². The number of piperidine rings is 1. The highest BCUT2D eigenvalue weighted by Crippen LogP contribution is 2.33. The zero-order valence-electron chi connectivity index (χ0n) is 15.2. The van der Waals surface area contributed by atoms with E-state index in [0.717, 1.165) is 42.3 Å². The zero-order valence-corrected chi connectivity index (χ0v) is 15.2.